The fourth-order valence-electron chi connectivity index (χ4n) is 5.27. The number of rotatable bonds is 6. The zero-order chi connectivity index (χ0) is 26.6. The van der Waals surface area contributed by atoms with Crippen molar-refractivity contribution in [2.24, 2.45) is 0 Å². The van der Waals surface area contributed by atoms with Crippen LogP contribution in [-0.2, 0) is 0 Å². The van der Waals surface area contributed by atoms with E-state index in [1.54, 1.807) is 0 Å². The number of anilines is 3. The predicted octanol–water partition coefficient (Wildman–Crippen LogP) is 10.8. The van der Waals surface area contributed by atoms with Crippen LogP contribution in [0.1, 0.15) is 11.1 Å². The summed E-state index contributed by atoms with van der Waals surface area (Å²) in [5, 5.41) is 0. The molecule has 0 saturated heterocycles. The summed E-state index contributed by atoms with van der Waals surface area (Å²) < 4.78 is 0. The average Bonchev–Trinajstić information content (AvgIpc) is 3.01. The van der Waals surface area contributed by atoms with Crippen LogP contribution in [0.5, 0.6) is 0 Å². The molecular formula is C38H31N. The van der Waals surface area contributed by atoms with Crippen molar-refractivity contribution < 1.29 is 0 Å². The van der Waals surface area contributed by atoms with Crippen molar-refractivity contribution in [1.29, 1.82) is 0 Å². The maximum atomic E-state index is 2.38. The average molecular weight is 502 g/mol. The minimum Gasteiger partial charge on any atom is -0.310 e. The quantitative estimate of drug-likeness (QED) is 0.219. The molecule has 0 atom stereocenters. The second-order valence-electron chi connectivity index (χ2n) is 9.91. The van der Waals surface area contributed by atoms with E-state index in [0.29, 0.717) is 0 Å². The smallest absolute Gasteiger partial charge is 0.0493 e. The third-order valence-corrected chi connectivity index (χ3v) is 7.55. The molecule has 0 N–H and O–H groups in total. The van der Waals surface area contributed by atoms with Gasteiger partial charge in [-0.15, -0.1) is 0 Å². The van der Waals surface area contributed by atoms with E-state index in [1.807, 2.05) is 0 Å². The Bertz CT molecular complexity index is 1590. The summed E-state index contributed by atoms with van der Waals surface area (Å²) in [6, 6.07) is 54.1. The first-order chi connectivity index (χ1) is 19.2. The molecule has 1 nitrogen and oxygen atoms in total. The first kappa shape index (κ1) is 24.5. The number of nitrogens with zero attached hydrogens (tertiary/aromatic N) is 1. The Morgan fingerprint density at radius 1 is 0.333 bits per heavy atom. The van der Waals surface area contributed by atoms with Gasteiger partial charge in [0.25, 0.3) is 0 Å². The molecule has 0 spiro atoms. The SMILES string of the molecule is Cc1c(-c2ccccc2)ccc(N(c2ccc(-c3ccccc3)cc2)c2ccc(-c3ccccc3)cc2)c1C. The van der Waals surface area contributed by atoms with Crippen molar-refractivity contribution >= 4 is 17.1 Å². The number of hydrogen-bond acceptors (Lipinski definition) is 1. The Morgan fingerprint density at radius 3 is 1.15 bits per heavy atom. The lowest BCUT2D eigenvalue weighted by atomic mass is 9.95. The van der Waals surface area contributed by atoms with Gasteiger partial charge in [0.1, 0.15) is 0 Å². The monoisotopic (exact) mass is 501 g/mol. The summed E-state index contributed by atoms with van der Waals surface area (Å²) >= 11 is 0. The van der Waals surface area contributed by atoms with E-state index in [-0.39, 0.29) is 0 Å². The van der Waals surface area contributed by atoms with E-state index in [4.69, 9.17) is 0 Å². The van der Waals surface area contributed by atoms with E-state index in [1.165, 1.54) is 50.2 Å². The van der Waals surface area contributed by atoms with Crippen LogP contribution in [0.3, 0.4) is 0 Å². The Morgan fingerprint density at radius 2 is 0.718 bits per heavy atom. The maximum Gasteiger partial charge on any atom is 0.0493 e. The van der Waals surface area contributed by atoms with Crippen molar-refractivity contribution in [3.63, 3.8) is 0 Å². The zero-order valence-corrected chi connectivity index (χ0v) is 22.4. The molecule has 0 bridgehead atoms. The minimum absolute atomic E-state index is 1.14. The molecule has 0 unspecified atom stereocenters. The largest absolute Gasteiger partial charge is 0.310 e. The highest BCUT2D eigenvalue weighted by Gasteiger charge is 2.18. The van der Waals surface area contributed by atoms with Crippen LogP contribution in [0.2, 0.25) is 0 Å². The second kappa shape index (κ2) is 10.8. The molecule has 0 radical (unpaired) electrons. The Hall–Kier alpha value is -4.88. The van der Waals surface area contributed by atoms with Gasteiger partial charge < -0.3 is 4.90 Å². The number of benzene rings is 6. The van der Waals surface area contributed by atoms with Crippen LogP contribution in [0.25, 0.3) is 33.4 Å². The molecule has 0 heterocycles. The number of hydrogen-bond donors (Lipinski definition) is 0. The lowest BCUT2D eigenvalue weighted by Gasteiger charge is -2.29. The van der Waals surface area contributed by atoms with Gasteiger partial charge in [-0.1, -0.05) is 121 Å². The van der Waals surface area contributed by atoms with Gasteiger partial charge in [0.05, 0.1) is 0 Å². The first-order valence-corrected chi connectivity index (χ1v) is 13.5. The van der Waals surface area contributed by atoms with E-state index < -0.39 is 0 Å². The molecule has 0 aliphatic heterocycles. The summed E-state index contributed by atoms with van der Waals surface area (Å²) in [5.41, 5.74) is 13.4. The zero-order valence-electron chi connectivity index (χ0n) is 22.4. The Labute approximate surface area is 231 Å². The molecule has 188 valence electrons. The first-order valence-electron chi connectivity index (χ1n) is 13.5. The third-order valence-electron chi connectivity index (χ3n) is 7.55. The molecule has 1 heteroatoms. The van der Waals surface area contributed by atoms with Gasteiger partial charge in [-0.3, -0.25) is 0 Å². The van der Waals surface area contributed by atoms with Gasteiger partial charge >= 0.3 is 0 Å². The van der Waals surface area contributed by atoms with Crippen LogP contribution >= 0.6 is 0 Å². The molecule has 0 aliphatic rings. The van der Waals surface area contributed by atoms with Gasteiger partial charge in [-0.2, -0.15) is 0 Å². The van der Waals surface area contributed by atoms with Gasteiger partial charge in [-0.25, -0.2) is 0 Å². The van der Waals surface area contributed by atoms with E-state index >= 15 is 0 Å². The second-order valence-corrected chi connectivity index (χ2v) is 9.91. The summed E-state index contributed by atoms with van der Waals surface area (Å²) in [6.07, 6.45) is 0. The molecule has 6 aromatic rings. The van der Waals surface area contributed by atoms with E-state index in [2.05, 4.69) is 170 Å². The highest BCUT2D eigenvalue weighted by Crippen LogP contribution is 2.41. The fraction of sp³-hybridized carbons (Fsp3) is 0.0526. The van der Waals surface area contributed by atoms with Crippen LogP contribution in [-0.4, -0.2) is 0 Å². The van der Waals surface area contributed by atoms with Gasteiger partial charge in [-0.05, 0) is 88.7 Å². The van der Waals surface area contributed by atoms with Gasteiger partial charge in [0.15, 0.2) is 0 Å². The van der Waals surface area contributed by atoms with Crippen LogP contribution < -0.4 is 4.90 Å². The van der Waals surface area contributed by atoms with Crippen molar-refractivity contribution in [2.45, 2.75) is 13.8 Å². The summed E-state index contributed by atoms with van der Waals surface area (Å²) in [4.78, 5) is 2.38. The van der Waals surface area contributed by atoms with Crippen LogP contribution in [0.15, 0.2) is 152 Å². The third kappa shape index (κ3) is 5.00. The molecule has 0 fully saturated rings. The molecule has 6 aromatic carbocycles. The van der Waals surface area contributed by atoms with Crippen molar-refractivity contribution in [1.82, 2.24) is 0 Å². The van der Waals surface area contributed by atoms with Gasteiger partial charge in [0, 0.05) is 17.1 Å². The fourth-order valence-corrected chi connectivity index (χ4v) is 5.27. The van der Waals surface area contributed by atoms with Crippen molar-refractivity contribution in [3.05, 3.63) is 163 Å². The minimum atomic E-state index is 1.14. The standard InChI is InChI=1S/C38H31N/c1-28-29(2)38(27-26-37(28)34-16-10-5-11-17-34)39(35-22-18-32(19-23-35)30-12-6-3-7-13-30)36-24-20-33(21-25-36)31-14-8-4-9-15-31/h3-27H,1-2H3. The van der Waals surface area contributed by atoms with Crippen LogP contribution in [0.4, 0.5) is 17.1 Å². The van der Waals surface area contributed by atoms with E-state index in [9.17, 15) is 0 Å². The van der Waals surface area contributed by atoms with Gasteiger partial charge in [0.2, 0.25) is 0 Å². The topological polar surface area (TPSA) is 3.24 Å². The maximum absolute atomic E-state index is 2.38. The highest BCUT2D eigenvalue weighted by atomic mass is 15.1. The Balaban J connectivity index is 1.45. The summed E-state index contributed by atoms with van der Waals surface area (Å²) in [7, 11) is 0. The van der Waals surface area contributed by atoms with Crippen molar-refractivity contribution in [2.75, 3.05) is 4.90 Å². The normalized spacial score (nSPS) is 10.8. The summed E-state index contributed by atoms with van der Waals surface area (Å²) in [6.45, 7) is 4.47. The van der Waals surface area contributed by atoms with E-state index in [0.717, 1.165) is 11.4 Å². The predicted molar refractivity (Wildman–Crippen MR) is 167 cm³/mol. The molecule has 0 amide bonds. The summed E-state index contributed by atoms with van der Waals surface area (Å²) in [5.74, 6) is 0. The highest BCUT2D eigenvalue weighted by molar-refractivity contribution is 5.84. The molecule has 0 aliphatic carbocycles. The van der Waals surface area contributed by atoms with Crippen molar-refractivity contribution in [3.8, 4) is 33.4 Å². The Kier molecular flexibility index (Phi) is 6.80. The molecule has 0 aromatic heterocycles. The van der Waals surface area contributed by atoms with Crippen LogP contribution in [0, 0.1) is 13.8 Å². The molecule has 0 saturated carbocycles. The molecule has 6 rings (SSSR count). The molecular weight excluding hydrogens is 470 g/mol. The molecule has 39 heavy (non-hydrogen) atoms. The lowest BCUT2D eigenvalue weighted by Crippen LogP contribution is -2.12. The lowest BCUT2D eigenvalue weighted by molar-refractivity contribution is 1.22.